The van der Waals surface area contributed by atoms with Crippen molar-refractivity contribution in [2.75, 3.05) is 26.3 Å². The number of halogens is 1. The summed E-state index contributed by atoms with van der Waals surface area (Å²) < 4.78 is 11.1. The average Bonchev–Trinajstić information content (AvgIpc) is 3.60. The molecule has 198 valence electrons. The summed E-state index contributed by atoms with van der Waals surface area (Å²) in [6.07, 6.45) is 7.49. The van der Waals surface area contributed by atoms with Crippen molar-refractivity contribution in [2.45, 2.75) is 13.1 Å². The summed E-state index contributed by atoms with van der Waals surface area (Å²) in [5.41, 5.74) is 5.33. The molecule has 0 spiro atoms. The predicted molar refractivity (Wildman–Crippen MR) is 151 cm³/mol. The second-order valence-corrected chi connectivity index (χ2v) is 10.2. The van der Waals surface area contributed by atoms with Crippen LogP contribution in [0.5, 0.6) is 0 Å². The molecule has 0 aliphatic carbocycles. The molecule has 1 saturated heterocycles. The van der Waals surface area contributed by atoms with Gasteiger partial charge in [-0.3, -0.25) is 9.59 Å². The van der Waals surface area contributed by atoms with Gasteiger partial charge in [0.05, 0.1) is 42.9 Å². The van der Waals surface area contributed by atoms with E-state index in [9.17, 15) is 9.59 Å². The Balaban J connectivity index is 1.27. The van der Waals surface area contributed by atoms with Crippen molar-refractivity contribution in [3.05, 3.63) is 112 Å². The van der Waals surface area contributed by atoms with Crippen LogP contribution in [0, 0.1) is 0 Å². The number of aryl methyl sites for hydroxylation is 1. The van der Waals surface area contributed by atoms with E-state index in [1.165, 1.54) is 0 Å². The van der Waals surface area contributed by atoms with E-state index in [1.807, 2.05) is 76.8 Å². The number of amides is 1. The first kappa shape index (κ1) is 25.2. The highest BCUT2D eigenvalue weighted by Gasteiger charge is 2.19. The topological polar surface area (TPSA) is 74.3 Å². The number of morpholine rings is 1. The zero-order chi connectivity index (χ0) is 26.9. The number of carbonyl (C=O) groups excluding carboxylic acids is 1. The van der Waals surface area contributed by atoms with Crippen LogP contribution in [0.15, 0.2) is 84.3 Å². The molecule has 4 heterocycles. The van der Waals surface area contributed by atoms with Gasteiger partial charge in [-0.1, -0.05) is 29.8 Å². The van der Waals surface area contributed by atoms with Gasteiger partial charge in [-0.2, -0.15) is 0 Å². The molecule has 9 heteroatoms. The van der Waals surface area contributed by atoms with Crippen LogP contribution >= 0.6 is 11.6 Å². The monoisotopic (exact) mass is 541 g/mol. The largest absolute Gasteiger partial charge is 0.378 e. The molecule has 1 amide bonds. The first-order valence-electron chi connectivity index (χ1n) is 12.9. The molecule has 0 atom stereocenters. The summed E-state index contributed by atoms with van der Waals surface area (Å²) >= 11 is 6.26. The number of ether oxygens (including phenoxy) is 1. The van der Waals surface area contributed by atoms with Gasteiger partial charge < -0.3 is 23.3 Å². The van der Waals surface area contributed by atoms with Gasteiger partial charge in [-0.25, -0.2) is 4.98 Å². The van der Waals surface area contributed by atoms with Gasteiger partial charge in [0.15, 0.2) is 0 Å². The molecule has 0 radical (unpaired) electrons. The molecule has 5 aromatic rings. The number of fused-ring (bicyclic) bond motifs is 1. The molecule has 39 heavy (non-hydrogen) atoms. The summed E-state index contributed by atoms with van der Waals surface area (Å²) in [6, 6.07) is 17.3. The van der Waals surface area contributed by atoms with Crippen LogP contribution in [0.1, 0.15) is 21.6 Å². The van der Waals surface area contributed by atoms with Crippen LogP contribution in [-0.2, 0) is 24.9 Å². The van der Waals surface area contributed by atoms with E-state index in [2.05, 4.69) is 15.6 Å². The van der Waals surface area contributed by atoms with Crippen molar-refractivity contribution in [2.24, 2.45) is 7.05 Å². The first-order chi connectivity index (χ1) is 19.0. The number of nitrogens with zero attached hydrogens (tertiary/aromatic N) is 5. The maximum atomic E-state index is 12.8. The molecule has 1 aliphatic rings. The lowest BCUT2D eigenvalue weighted by Crippen LogP contribution is -2.40. The summed E-state index contributed by atoms with van der Waals surface area (Å²) in [5, 5.41) is 1.61. The fourth-order valence-corrected chi connectivity index (χ4v) is 5.31. The van der Waals surface area contributed by atoms with Crippen molar-refractivity contribution in [1.29, 1.82) is 0 Å². The molecule has 2 aromatic carbocycles. The van der Waals surface area contributed by atoms with Gasteiger partial charge in [-0.15, -0.1) is 0 Å². The molecule has 0 bridgehead atoms. The lowest BCUT2D eigenvalue weighted by atomic mass is 9.99. The van der Waals surface area contributed by atoms with E-state index < -0.39 is 0 Å². The van der Waals surface area contributed by atoms with E-state index in [0.29, 0.717) is 50.0 Å². The van der Waals surface area contributed by atoms with Crippen LogP contribution in [0.2, 0.25) is 5.02 Å². The molecule has 6 rings (SSSR count). The van der Waals surface area contributed by atoms with Gasteiger partial charge in [0.25, 0.3) is 11.5 Å². The highest BCUT2D eigenvalue weighted by Crippen LogP contribution is 2.30. The van der Waals surface area contributed by atoms with Crippen LogP contribution in [0.4, 0.5) is 0 Å². The maximum Gasteiger partial charge on any atom is 0.255 e. The minimum absolute atomic E-state index is 0.0339. The zero-order valence-electron chi connectivity index (χ0n) is 21.6. The molecule has 0 N–H and O–H groups in total. The van der Waals surface area contributed by atoms with Crippen molar-refractivity contribution < 1.29 is 9.53 Å². The quantitative estimate of drug-likeness (QED) is 0.319. The van der Waals surface area contributed by atoms with Gasteiger partial charge >= 0.3 is 0 Å². The molecule has 3 aromatic heterocycles. The van der Waals surface area contributed by atoms with E-state index in [0.717, 1.165) is 33.3 Å². The SMILES string of the molecule is Cn1c(=O)cc(-c2cccc(Cl)c2)c2cc(Cn3cncc3Cn3ccc(C(=O)N4CCOCC4)c3)ccc21. The van der Waals surface area contributed by atoms with Crippen LogP contribution in [0.3, 0.4) is 0 Å². The Labute approximate surface area is 230 Å². The standard InChI is InChI=1S/C30H28ClN5O3/c1-33-28-6-5-21(13-27(28)26(15-29(33)37)22-3-2-4-24(31)14-22)17-36-20-32-16-25(36)19-34-8-7-23(18-34)30(38)35-9-11-39-12-10-35/h2-8,13-16,18,20H,9-12,17,19H2,1H3. The van der Waals surface area contributed by atoms with E-state index in [1.54, 1.807) is 17.7 Å². The second kappa shape index (κ2) is 10.6. The van der Waals surface area contributed by atoms with E-state index >= 15 is 0 Å². The van der Waals surface area contributed by atoms with Gasteiger partial charge in [-0.05, 0) is 47.0 Å². The number of hydrogen-bond donors (Lipinski definition) is 0. The Morgan fingerprint density at radius 1 is 1.05 bits per heavy atom. The Hall–Kier alpha value is -4.14. The second-order valence-electron chi connectivity index (χ2n) is 9.81. The Morgan fingerprint density at radius 2 is 1.90 bits per heavy atom. The fraction of sp³-hybridized carbons (Fsp3) is 0.233. The Bertz CT molecular complexity index is 1730. The van der Waals surface area contributed by atoms with Crippen molar-refractivity contribution in [3.8, 4) is 11.1 Å². The highest BCUT2D eigenvalue weighted by molar-refractivity contribution is 6.30. The predicted octanol–water partition coefficient (Wildman–Crippen LogP) is 4.43. The maximum absolute atomic E-state index is 12.8. The van der Waals surface area contributed by atoms with Crippen molar-refractivity contribution in [3.63, 3.8) is 0 Å². The van der Waals surface area contributed by atoms with E-state index in [-0.39, 0.29) is 11.5 Å². The molecule has 0 unspecified atom stereocenters. The van der Waals surface area contributed by atoms with Gasteiger partial charge in [0.1, 0.15) is 0 Å². The third kappa shape index (κ3) is 5.13. The fourth-order valence-electron chi connectivity index (χ4n) is 5.12. The van der Waals surface area contributed by atoms with Gasteiger partial charge in [0, 0.05) is 61.7 Å². The number of hydrogen-bond acceptors (Lipinski definition) is 4. The van der Waals surface area contributed by atoms with Crippen LogP contribution in [0.25, 0.3) is 22.0 Å². The third-order valence-corrected chi connectivity index (χ3v) is 7.47. The summed E-state index contributed by atoms with van der Waals surface area (Å²) in [4.78, 5) is 31.8. The summed E-state index contributed by atoms with van der Waals surface area (Å²) in [5.74, 6) is 0.0339. The number of imidazole rings is 1. The summed E-state index contributed by atoms with van der Waals surface area (Å²) in [6.45, 7) is 3.61. The number of benzene rings is 2. The molecular weight excluding hydrogens is 514 g/mol. The zero-order valence-corrected chi connectivity index (χ0v) is 22.3. The van der Waals surface area contributed by atoms with Gasteiger partial charge in [0.2, 0.25) is 0 Å². The first-order valence-corrected chi connectivity index (χ1v) is 13.2. The van der Waals surface area contributed by atoms with Crippen LogP contribution < -0.4 is 5.56 Å². The molecule has 8 nitrogen and oxygen atoms in total. The minimum Gasteiger partial charge on any atom is -0.378 e. The van der Waals surface area contributed by atoms with E-state index in [4.69, 9.17) is 16.3 Å². The average molecular weight is 542 g/mol. The molecule has 1 fully saturated rings. The smallest absolute Gasteiger partial charge is 0.255 e. The molecule has 0 saturated carbocycles. The lowest BCUT2D eigenvalue weighted by Gasteiger charge is -2.26. The number of rotatable bonds is 6. The van der Waals surface area contributed by atoms with Crippen molar-refractivity contribution in [1.82, 2.24) is 23.6 Å². The number of aromatic nitrogens is 4. The lowest BCUT2D eigenvalue weighted by molar-refractivity contribution is 0.0303. The molecule has 1 aliphatic heterocycles. The molecular formula is C30H28ClN5O3. The van der Waals surface area contributed by atoms with Crippen LogP contribution in [-0.4, -0.2) is 55.8 Å². The highest BCUT2D eigenvalue weighted by atomic mass is 35.5. The normalized spacial score (nSPS) is 13.7. The number of pyridine rings is 1. The Morgan fingerprint density at radius 3 is 2.72 bits per heavy atom. The minimum atomic E-state index is -0.0692. The summed E-state index contributed by atoms with van der Waals surface area (Å²) in [7, 11) is 1.79. The number of carbonyl (C=O) groups is 1. The van der Waals surface area contributed by atoms with Crippen molar-refractivity contribution >= 4 is 28.4 Å². The third-order valence-electron chi connectivity index (χ3n) is 7.24. The Kier molecular flexibility index (Phi) is 6.81.